The minimum Gasteiger partial charge on any atom is -0.379 e. The highest BCUT2D eigenvalue weighted by atomic mass is 19.1. The van der Waals surface area contributed by atoms with Crippen LogP contribution in [0, 0.1) is 11.6 Å². The van der Waals surface area contributed by atoms with Crippen molar-refractivity contribution in [2.45, 2.75) is 12.6 Å². The number of hydrogen-bond acceptors (Lipinski definition) is 4. The van der Waals surface area contributed by atoms with Crippen molar-refractivity contribution >= 4 is 5.91 Å². The van der Waals surface area contributed by atoms with Crippen molar-refractivity contribution in [1.82, 2.24) is 14.7 Å². The van der Waals surface area contributed by atoms with Crippen LogP contribution in [0.1, 0.15) is 33.1 Å². The molecule has 0 radical (unpaired) electrons. The molecule has 2 aliphatic rings. The van der Waals surface area contributed by atoms with Crippen LogP contribution in [-0.4, -0.2) is 73.1 Å². The SMILES string of the molecule is O=C(c1cccc(CN2CCOCC2)c1)N1CCN(C(c2ccc(F)cc2)c2ccc(F)cc2)CC1. The average molecular weight is 492 g/mol. The highest BCUT2D eigenvalue weighted by Gasteiger charge is 2.29. The summed E-state index contributed by atoms with van der Waals surface area (Å²) in [6.07, 6.45) is 0. The summed E-state index contributed by atoms with van der Waals surface area (Å²) < 4.78 is 32.6. The molecule has 2 saturated heterocycles. The first-order valence-electron chi connectivity index (χ1n) is 12.5. The molecular formula is C29H31F2N3O2. The van der Waals surface area contributed by atoms with E-state index < -0.39 is 0 Å². The third-order valence-corrected chi connectivity index (χ3v) is 7.02. The molecule has 2 aliphatic heterocycles. The summed E-state index contributed by atoms with van der Waals surface area (Å²) in [4.78, 5) is 19.8. The van der Waals surface area contributed by atoms with Crippen molar-refractivity contribution in [3.63, 3.8) is 0 Å². The van der Waals surface area contributed by atoms with E-state index in [4.69, 9.17) is 4.74 Å². The summed E-state index contributed by atoms with van der Waals surface area (Å²) in [6.45, 7) is 6.63. The van der Waals surface area contributed by atoms with E-state index in [1.807, 2.05) is 23.1 Å². The highest BCUT2D eigenvalue weighted by Crippen LogP contribution is 2.30. The molecule has 0 N–H and O–H groups in total. The number of halogens is 2. The molecule has 0 aliphatic carbocycles. The minimum absolute atomic E-state index is 0.0404. The Bertz CT molecular complexity index is 1110. The van der Waals surface area contributed by atoms with E-state index in [9.17, 15) is 13.6 Å². The van der Waals surface area contributed by atoms with Crippen molar-refractivity contribution in [3.8, 4) is 0 Å². The molecule has 0 spiro atoms. The van der Waals surface area contributed by atoms with Gasteiger partial charge in [-0.3, -0.25) is 14.6 Å². The largest absolute Gasteiger partial charge is 0.379 e. The maximum atomic E-state index is 13.6. The Hall–Kier alpha value is -3.13. The number of rotatable bonds is 6. The summed E-state index contributed by atoms with van der Waals surface area (Å²) in [7, 11) is 0. The molecule has 0 saturated carbocycles. The van der Waals surface area contributed by atoms with Crippen LogP contribution in [0.2, 0.25) is 0 Å². The summed E-state index contributed by atoms with van der Waals surface area (Å²) in [5.74, 6) is -0.538. The normalized spacial score (nSPS) is 17.5. The number of carbonyl (C=O) groups excluding carboxylic acids is 1. The van der Waals surface area contributed by atoms with Gasteiger partial charge >= 0.3 is 0 Å². The maximum absolute atomic E-state index is 13.6. The van der Waals surface area contributed by atoms with Crippen LogP contribution in [0.25, 0.3) is 0 Å². The number of nitrogens with zero attached hydrogens (tertiary/aromatic N) is 3. The van der Waals surface area contributed by atoms with Gasteiger partial charge in [-0.2, -0.15) is 0 Å². The van der Waals surface area contributed by atoms with Gasteiger partial charge in [0.2, 0.25) is 0 Å². The molecule has 2 heterocycles. The van der Waals surface area contributed by atoms with Gasteiger partial charge in [-0.15, -0.1) is 0 Å². The summed E-state index contributed by atoms with van der Waals surface area (Å²) in [5.41, 5.74) is 3.73. The molecule has 188 valence electrons. The molecule has 0 atom stereocenters. The molecule has 5 rings (SSSR count). The van der Waals surface area contributed by atoms with Crippen LogP contribution in [0.5, 0.6) is 0 Å². The van der Waals surface area contributed by atoms with E-state index in [2.05, 4.69) is 15.9 Å². The molecular weight excluding hydrogens is 460 g/mol. The van der Waals surface area contributed by atoms with Gasteiger partial charge in [0.05, 0.1) is 19.3 Å². The Morgan fingerprint density at radius 1 is 0.778 bits per heavy atom. The molecule has 0 aromatic heterocycles. The van der Waals surface area contributed by atoms with Gasteiger partial charge in [0, 0.05) is 51.4 Å². The topological polar surface area (TPSA) is 36.0 Å². The molecule has 3 aromatic carbocycles. The summed E-state index contributed by atoms with van der Waals surface area (Å²) in [6, 6.07) is 20.7. The van der Waals surface area contributed by atoms with Crippen molar-refractivity contribution in [2.24, 2.45) is 0 Å². The molecule has 0 bridgehead atoms. The second-order valence-electron chi connectivity index (χ2n) is 9.42. The fourth-order valence-electron chi connectivity index (χ4n) is 5.09. The lowest BCUT2D eigenvalue weighted by atomic mass is 9.96. The number of amides is 1. The van der Waals surface area contributed by atoms with E-state index in [1.165, 1.54) is 24.3 Å². The molecule has 0 unspecified atom stereocenters. The predicted molar refractivity (Wildman–Crippen MR) is 135 cm³/mol. The molecule has 1 amide bonds. The quantitative estimate of drug-likeness (QED) is 0.514. The van der Waals surface area contributed by atoms with E-state index in [0.29, 0.717) is 31.7 Å². The second-order valence-corrected chi connectivity index (χ2v) is 9.42. The maximum Gasteiger partial charge on any atom is 0.253 e. The van der Waals surface area contributed by atoms with Crippen molar-refractivity contribution in [3.05, 3.63) is 107 Å². The van der Waals surface area contributed by atoms with Crippen molar-refractivity contribution in [1.29, 1.82) is 0 Å². The Labute approximate surface area is 210 Å². The fourth-order valence-corrected chi connectivity index (χ4v) is 5.09. The Morgan fingerprint density at radius 2 is 1.36 bits per heavy atom. The first kappa shape index (κ1) is 24.6. The van der Waals surface area contributed by atoms with E-state index in [0.717, 1.165) is 49.5 Å². The van der Waals surface area contributed by atoms with E-state index >= 15 is 0 Å². The smallest absolute Gasteiger partial charge is 0.253 e. The molecule has 36 heavy (non-hydrogen) atoms. The van der Waals surface area contributed by atoms with Gasteiger partial charge < -0.3 is 9.64 Å². The van der Waals surface area contributed by atoms with Crippen LogP contribution in [0.3, 0.4) is 0 Å². The standard InChI is InChI=1S/C29H31F2N3O2/c30-26-8-4-23(5-9-26)28(24-6-10-27(31)11-7-24)33-12-14-34(15-13-33)29(35)25-3-1-2-22(20-25)21-32-16-18-36-19-17-32/h1-11,20,28H,12-19,21H2. The van der Waals surface area contributed by atoms with Crippen molar-refractivity contribution < 1.29 is 18.3 Å². The first-order chi connectivity index (χ1) is 17.6. The lowest BCUT2D eigenvalue weighted by molar-refractivity contribution is 0.0341. The summed E-state index contributed by atoms with van der Waals surface area (Å²) >= 11 is 0. The van der Waals surface area contributed by atoms with E-state index in [-0.39, 0.29) is 23.6 Å². The minimum atomic E-state index is -0.289. The summed E-state index contributed by atoms with van der Waals surface area (Å²) in [5, 5.41) is 0. The number of piperazine rings is 1. The molecule has 2 fully saturated rings. The Kier molecular flexibility index (Phi) is 7.70. The number of morpholine rings is 1. The third kappa shape index (κ3) is 5.81. The monoisotopic (exact) mass is 491 g/mol. The molecule has 7 heteroatoms. The fraction of sp³-hybridized carbons (Fsp3) is 0.345. The lowest BCUT2D eigenvalue weighted by Crippen LogP contribution is -2.49. The van der Waals surface area contributed by atoms with Crippen LogP contribution in [-0.2, 0) is 11.3 Å². The Balaban J connectivity index is 1.27. The van der Waals surface area contributed by atoms with Crippen LogP contribution in [0.4, 0.5) is 8.78 Å². The number of ether oxygens (including phenoxy) is 1. The number of benzene rings is 3. The van der Waals surface area contributed by atoms with E-state index in [1.54, 1.807) is 24.3 Å². The van der Waals surface area contributed by atoms with Gasteiger partial charge in [0.15, 0.2) is 0 Å². The van der Waals surface area contributed by atoms with Gasteiger partial charge in [-0.05, 0) is 53.1 Å². The van der Waals surface area contributed by atoms with Crippen LogP contribution in [0.15, 0.2) is 72.8 Å². The zero-order chi connectivity index (χ0) is 24.9. The molecule has 3 aromatic rings. The lowest BCUT2D eigenvalue weighted by Gasteiger charge is -2.40. The molecule has 5 nitrogen and oxygen atoms in total. The zero-order valence-corrected chi connectivity index (χ0v) is 20.3. The van der Waals surface area contributed by atoms with Crippen LogP contribution < -0.4 is 0 Å². The predicted octanol–water partition coefficient (Wildman–Crippen LogP) is 4.34. The van der Waals surface area contributed by atoms with Gasteiger partial charge in [0.25, 0.3) is 5.91 Å². The van der Waals surface area contributed by atoms with Gasteiger partial charge in [-0.1, -0.05) is 36.4 Å². The van der Waals surface area contributed by atoms with Crippen molar-refractivity contribution in [2.75, 3.05) is 52.5 Å². The number of hydrogen-bond donors (Lipinski definition) is 0. The zero-order valence-electron chi connectivity index (χ0n) is 20.3. The number of carbonyl (C=O) groups is 1. The van der Waals surface area contributed by atoms with Crippen LogP contribution >= 0.6 is 0 Å². The third-order valence-electron chi connectivity index (χ3n) is 7.02. The average Bonchev–Trinajstić information content (AvgIpc) is 2.92. The highest BCUT2D eigenvalue weighted by molar-refractivity contribution is 5.94. The second kappa shape index (κ2) is 11.3. The Morgan fingerprint density at radius 3 is 1.94 bits per heavy atom. The van der Waals surface area contributed by atoms with Gasteiger partial charge in [-0.25, -0.2) is 8.78 Å². The first-order valence-corrected chi connectivity index (χ1v) is 12.5. The van der Waals surface area contributed by atoms with Gasteiger partial charge in [0.1, 0.15) is 11.6 Å².